The van der Waals surface area contributed by atoms with E-state index in [1.807, 2.05) is 69.0 Å². The van der Waals surface area contributed by atoms with Gasteiger partial charge in [-0.2, -0.15) is 0 Å². The summed E-state index contributed by atoms with van der Waals surface area (Å²) in [6.45, 7) is 11.3. The lowest BCUT2D eigenvalue weighted by molar-refractivity contribution is -0.121. The molecular weight excluding hydrogens is 388 g/mol. The topological polar surface area (TPSA) is 49.9 Å². The maximum Gasteiger partial charge on any atom is 0.282 e. The van der Waals surface area contributed by atoms with Gasteiger partial charge in [-0.3, -0.25) is 9.59 Å². The van der Waals surface area contributed by atoms with Crippen molar-refractivity contribution in [3.63, 3.8) is 0 Å². The number of morpholine rings is 1. The van der Waals surface area contributed by atoms with Crippen molar-refractivity contribution in [2.45, 2.75) is 53.2 Å². The first-order valence-electron chi connectivity index (χ1n) is 11.0. The molecule has 2 atom stereocenters. The summed E-state index contributed by atoms with van der Waals surface area (Å²) in [5, 5.41) is 0. The average molecular weight is 419 g/mol. The number of aryl methyl sites for hydroxylation is 3. The van der Waals surface area contributed by atoms with Gasteiger partial charge in [0.2, 0.25) is 0 Å². The van der Waals surface area contributed by atoms with Gasteiger partial charge in [-0.1, -0.05) is 42.8 Å². The van der Waals surface area contributed by atoms with E-state index < -0.39 is 0 Å². The number of hydrogen-bond acceptors (Lipinski definition) is 4. The number of amides is 2. The minimum absolute atomic E-state index is 0.0163. The van der Waals surface area contributed by atoms with E-state index in [0.29, 0.717) is 30.0 Å². The van der Waals surface area contributed by atoms with Crippen molar-refractivity contribution in [3.8, 4) is 0 Å². The molecule has 2 aromatic rings. The predicted molar refractivity (Wildman–Crippen MR) is 123 cm³/mol. The minimum Gasteiger partial charge on any atom is -0.372 e. The van der Waals surface area contributed by atoms with Crippen LogP contribution in [0, 0.1) is 13.8 Å². The lowest BCUT2D eigenvalue weighted by atomic mass is 9.97. The van der Waals surface area contributed by atoms with Crippen molar-refractivity contribution >= 4 is 23.1 Å². The van der Waals surface area contributed by atoms with Crippen molar-refractivity contribution in [1.29, 1.82) is 0 Å². The summed E-state index contributed by atoms with van der Waals surface area (Å²) in [5.74, 6) is -0.520. The monoisotopic (exact) mass is 418 g/mol. The van der Waals surface area contributed by atoms with Crippen LogP contribution < -0.4 is 4.90 Å². The fourth-order valence-electron chi connectivity index (χ4n) is 4.62. The van der Waals surface area contributed by atoms with E-state index in [0.717, 1.165) is 23.1 Å². The second-order valence-corrected chi connectivity index (χ2v) is 8.67. The average Bonchev–Trinajstić information content (AvgIpc) is 2.97. The molecule has 0 aliphatic carbocycles. The summed E-state index contributed by atoms with van der Waals surface area (Å²) in [7, 11) is 0. The molecule has 0 saturated carbocycles. The van der Waals surface area contributed by atoms with E-state index in [9.17, 15) is 9.59 Å². The molecule has 2 heterocycles. The Kier molecular flexibility index (Phi) is 5.71. The van der Waals surface area contributed by atoms with Gasteiger partial charge in [0.05, 0.1) is 23.5 Å². The van der Waals surface area contributed by atoms with Crippen LogP contribution in [-0.2, 0) is 20.7 Å². The van der Waals surface area contributed by atoms with Crippen molar-refractivity contribution in [2.24, 2.45) is 0 Å². The zero-order valence-corrected chi connectivity index (χ0v) is 18.9. The van der Waals surface area contributed by atoms with Gasteiger partial charge in [0.25, 0.3) is 11.8 Å². The van der Waals surface area contributed by atoms with E-state index in [-0.39, 0.29) is 24.0 Å². The van der Waals surface area contributed by atoms with Gasteiger partial charge in [0.15, 0.2) is 0 Å². The van der Waals surface area contributed by atoms with Crippen LogP contribution in [0.5, 0.6) is 0 Å². The zero-order chi connectivity index (χ0) is 22.3. The predicted octanol–water partition coefficient (Wildman–Crippen LogP) is 4.26. The maximum absolute atomic E-state index is 13.7. The highest BCUT2D eigenvalue weighted by atomic mass is 16.5. The van der Waals surface area contributed by atoms with Crippen LogP contribution in [-0.4, -0.2) is 42.0 Å². The summed E-state index contributed by atoms with van der Waals surface area (Å²) < 4.78 is 5.88. The van der Waals surface area contributed by atoms with Gasteiger partial charge < -0.3 is 9.64 Å². The Labute approximate surface area is 184 Å². The molecule has 0 N–H and O–H groups in total. The quantitative estimate of drug-likeness (QED) is 0.696. The van der Waals surface area contributed by atoms with Crippen molar-refractivity contribution in [2.75, 3.05) is 18.0 Å². The molecule has 1 saturated heterocycles. The number of carbonyl (C=O) groups excluding carboxylic acids is 2. The molecule has 5 nitrogen and oxygen atoms in total. The molecule has 0 spiro atoms. The number of ether oxygens (including phenoxy) is 1. The molecule has 2 aliphatic heterocycles. The fourth-order valence-corrected chi connectivity index (χ4v) is 4.62. The van der Waals surface area contributed by atoms with Crippen LogP contribution in [0.15, 0.2) is 48.2 Å². The number of nitrogens with zero attached hydrogens (tertiary/aromatic N) is 2. The van der Waals surface area contributed by atoms with E-state index in [4.69, 9.17) is 4.74 Å². The molecule has 31 heavy (non-hydrogen) atoms. The van der Waals surface area contributed by atoms with E-state index in [1.54, 1.807) is 0 Å². The minimum atomic E-state index is -0.261. The van der Waals surface area contributed by atoms with E-state index in [1.165, 1.54) is 10.5 Å². The highest BCUT2D eigenvalue weighted by Crippen LogP contribution is 2.37. The molecule has 2 amide bonds. The summed E-state index contributed by atoms with van der Waals surface area (Å²) in [5.41, 5.74) is 5.69. The van der Waals surface area contributed by atoms with Crippen LogP contribution in [0.4, 0.5) is 5.69 Å². The smallest absolute Gasteiger partial charge is 0.282 e. The van der Waals surface area contributed by atoms with Crippen LogP contribution in [0.25, 0.3) is 5.57 Å². The van der Waals surface area contributed by atoms with Crippen LogP contribution in [0.3, 0.4) is 0 Å². The first-order valence-corrected chi connectivity index (χ1v) is 11.0. The van der Waals surface area contributed by atoms with Gasteiger partial charge >= 0.3 is 0 Å². The molecule has 2 aromatic carbocycles. The summed E-state index contributed by atoms with van der Waals surface area (Å²) in [6, 6.07) is 13.7. The molecule has 162 valence electrons. The highest BCUT2D eigenvalue weighted by Gasteiger charge is 2.44. The zero-order valence-electron chi connectivity index (χ0n) is 18.9. The number of anilines is 1. The number of rotatable bonds is 4. The normalized spacial score (nSPS) is 22.0. The second-order valence-electron chi connectivity index (χ2n) is 8.67. The molecular formula is C26H30N2O3. The number of benzene rings is 2. The SMILES string of the molecule is CCc1ccc(N2C(=O)C(c3ccc(C)cc3C)=C(N3CC(C)OC(C)C3)C2=O)cc1. The van der Waals surface area contributed by atoms with Gasteiger partial charge in [-0.15, -0.1) is 0 Å². The van der Waals surface area contributed by atoms with Crippen molar-refractivity contribution < 1.29 is 14.3 Å². The number of imide groups is 1. The first-order chi connectivity index (χ1) is 14.8. The molecule has 1 fully saturated rings. The van der Waals surface area contributed by atoms with Gasteiger partial charge in [0.1, 0.15) is 5.70 Å². The largest absolute Gasteiger partial charge is 0.372 e. The van der Waals surface area contributed by atoms with Crippen molar-refractivity contribution in [3.05, 3.63) is 70.4 Å². The van der Waals surface area contributed by atoms with Gasteiger partial charge in [0, 0.05) is 13.1 Å². The number of carbonyl (C=O) groups is 2. The Morgan fingerprint density at radius 1 is 0.935 bits per heavy atom. The Bertz CT molecular complexity index is 1040. The van der Waals surface area contributed by atoms with Gasteiger partial charge in [-0.05, 0) is 62.9 Å². The lowest BCUT2D eigenvalue weighted by Crippen LogP contribution is -2.47. The Hall–Kier alpha value is -2.92. The third-order valence-electron chi connectivity index (χ3n) is 6.05. The van der Waals surface area contributed by atoms with Crippen LogP contribution in [0.2, 0.25) is 0 Å². The van der Waals surface area contributed by atoms with Crippen LogP contribution >= 0.6 is 0 Å². The Morgan fingerprint density at radius 3 is 2.16 bits per heavy atom. The summed E-state index contributed by atoms with van der Waals surface area (Å²) >= 11 is 0. The molecule has 5 heteroatoms. The fraction of sp³-hybridized carbons (Fsp3) is 0.385. The standard InChI is InChI=1S/C26H30N2O3/c1-6-20-8-10-21(11-9-20)28-25(29)23(22-12-7-16(2)13-17(22)3)24(26(28)30)27-14-18(4)31-19(5)15-27/h7-13,18-19H,6,14-15H2,1-5H3. The second kappa shape index (κ2) is 8.31. The highest BCUT2D eigenvalue weighted by molar-refractivity contribution is 6.45. The molecule has 0 aromatic heterocycles. The molecule has 2 aliphatic rings. The lowest BCUT2D eigenvalue weighted by Gasteiger charge is -2.37. The van der Waals surface area contributed by atoms with Crippen molar-refractivity contribution in [1.82, 2.24) is 4.90 Å². The Balaban J connectivity index is 1.84. The third-order valence-corrected chi connectivity index (χ3v) is 6.05. The summed E-state index contributed by atoms with van der Waals surface area (Å²) in [4.78, 5) is 30.8. The van der Waals surface area contributed by atoms with Crippen LogP contribution in [0.1, 0.15) is 43.0 Å². The van der Waals surface area contributed by atoms with Gasteiger partial charge in [-0.25, -0.2) is 4.90 Å². The molecule has 2 unspecified atom stereocenters. The molecule has 0 radical (unpaired) electrons. The van der Waals surface area contributed by atoms with E-state index in [2.05, 4.69) is 13.0 Å². The third kappa shape index (κ3) is 3.90. The Morgan fingerprint density at radius 2 is 1.58 bits per heavy atom. The van der Waals surface area contributed by atoms with E-state index >= 15 is 0 Å². The first kappa shape index (κ1) is 21.3. The molecule has 0 bridgehead atoms. The maximum atomic E-state index is 13.7. The number of hydrogen-bond donors (Lipinski definition) is 0. The summed E-state index contributed by atoms with van der Waals surface area (Å²) in [6.07, 6.45) is 0.873. The molecule has 4 rings (SSSR count).